The fourth-order valence-electron chi connectivity index (χ4n) is 6.92. The summed E-state index contributed by atoms with van der Waals surface area (Å²) in [5, 5.41) is 6.20. The van der Waals surface area contributed by atoms with Crippen molar-refractivity contribution in [2.45, 2.75) is 0 Å². The van der Waals surface area contributed by atoms with E-state index in [0.717, 1.165) is 76.9 Å². The van der Waals surface area contributed by atoms with Crippen molar-refractivity contribution in [3.8, 4) is 45.3 Å². The molecule has 10 rings (SSSR count). The van der Waals surface area contributed by atoms with E-state index in [0.29, 0.717) is 23.2 Å². The number of rotatable bonds is 4. The van der Waals surface area contributed by atoms with Crippen LogP contribution in [0.3, 0.4) is 0 Å². The Bertz CT molecular complexity index is 2850. The third-order valence-electron chi connectivity index (χ3n) is 9.04. The molecule has 0 aliphatic heterocycles. The lowest BCUT2D eigenvalue weighted by molar-refractivity contribution is 0.654. The molecule has 0 amide bonds. The number of aromatic nitrogens is 4. The molecule has 0 aliphatic rings. The summed E-state index contributed by atoms with van der Waals surface area (Å²) in [4.78, 5) is 19.8. The number of pyridine rings is 1. The first-order valence-corrected chi connectivity index (χ1v) is 15.8. The van der Waals surface area contributed by atoms with Crippen LogP contribution in [0.4, 0.5) is 0 Å². The smallest absolute Gasteiger partial charge is 0.227 e. The third-order valence-corrected chi connectivity index (χ3v) is 9.04. The van der Waals surface area contributed by atoms with Crippen LogP contribution in [0.1, 0.15) is 0 Å². The van der Waals surface area contributed by atoms with Gasteiger partial charge in [0.2, 0.25) is 5.71 Å². The Morgan fingerprint density at radius 2 is 0.917 bits per heavy atom. The molecule has 0 fully saturated rings. The summed E-state index contributed by atoms with van der Waals surface area (Å²) in [5.74, 6) is 1.76. The summed E-state index contributed by atoms with van der Waals surface area (Å²) in [6.07, 6.45) is 1.74. The maximum atomic E-state index is 6.24. The van der Waals surface area contributed by atoms with E-state index in [4.69, 9.17) is 23.8 Å². The molecule has 10 aromatic rings. The van der Waals surface area contributed by atoms with Crippen molar-refractivity contribution < 1.29 is 8.83 Å². The highest BCUT2D eigenvalue weighted by Crippen LogP contribution is 2.41. The summed E-state index contributed by atoms with van der Waals surface area (Å²) < 4.78 is 12.4. The first-order chi connectivity index (χ1) is 23.8. The average molecular weight is 617 g/mol. The molecule has 0 radical (unpaired) electrons. The molecular weight excluding hydrogens is 592 g/mol. The van der Waals surface area contributed by atoms with Crippen LogP contribution < -0.4 is 0 Å². The van der Waals surface area contributed by atoms with Gasteiger partial charge in [0.1, 0.15) is 16.7 Å². The average Bonchev–Trinajstić information content (AvgIpc) is 3.73. The van der Waals surface area contributed by atoms with E-state index in [1.165, 1.54) is 0 Å². The Morgan fingerprint density at radius 1 is 0.354 bits per heavy atom. The number of hydrogen-bond donors (Lipinski definition) is 0. The zero-order valence-corrected chi connectivity index (χ0v) is 25.5. The second-order valence-corrected chi connectivity index (χ2v) is 11.8. The van der Waals surface area contributed by atoms with Gasteiger partial charge >= 0.3 is 0 Å². The topological polar surface area (TPSA) is 77.8 Å². The van der Waals surface area contributed by atoms with Crippen LogP contribution >= 0.6 is 0 Å². The van der Waals surface area contributed by atoms with Crippen molar-refractivity contribution in [1.82, 2.24) is 19.9 Å². The maximum Gasteiger partial charge on any atom is 0.227 e. The van der Waals surface area contributed by atoms with Crippen LogP contribution in [0.5, 0.6) is 0 Å². The van der Waals surface area contributed by atoms with Gasteiger partial charge < -0.3 is 8.83 Å². The molecule has 4 aromatic heterocycles. The lowest BCUT2D eigenvalue weighted by Crippen LogP contribution is -2.01. The predicted molar refractivity (Wildman–Crippen MR) is 191 cm³/mol. The molecule has 0 N–H and O–H groups in total. The molecule has 48 heavy (non-hydrogen) atoms. The first-order valence-electron chi connectivity index (χ1n) is 15.8. The molecule has 0 saturated carbocycles. The van der Waals surface area contributed by atoms with Crippen LogP contribution in [0.2, 0.25) is 0 Å². The largest absolute Gasteiger partial charge is 0.456 e. The molecule has 0 bridgehead atoms. The van der Waals surface area contributed by atoms with Crippen molar-refractivity contribution in [2.24, 2.45) is 0 Å². The molecule has 0 spiro atoms. The Morgan fingerprint density at radius 3 is 1.77 bits per heavy atom. The van der Waals surface area contributed by atoms with Crippen LogP contribution in [0.15, 0.2) is 155 Å². The molecule has 6 nitrogen and oxygen atoms in total. The number of hydrogen-bond acceptors (Lipinski definition) is 6. The Balaban J connectivity index is 1.23. The van der Waals surface area contributed by atoms with E-state index >= 15 is 0 Å². The highest BCUT2D eigenvalue weighted by molar-refractivity contribution is 6.16. The molecule has 0 aliphatic carbocycles. The Kier molecular flexibility index (Phi) is 5.77. The minimum atomic E-state index is 0.568. The third kappa shape index (κ3) is 4.06. The summed E-state index contributed by atoms with van der Waals surface area (Å²) in [6, 6.07) is 47.2. The number of fused-ring (bicyclic) bond motifs is 7. The van der Waals surface area contributed by atoms with Gasteiger partial charge in [0.15, 0.2) is 17.5 Å². The fourth-order valence-corrected chi connectivity index (χ4v) is 6.92. The van der Waals surface area contributed by atoms with Crippen molar-refractivity contribution in [3.05, 3.63) is 146 Å². The molecule has 6 heteroatoms. The molecule has 0 saturated heterocycles. The van der Waals surface area contributed by atoms with E-state index in [-0.39, 0.29) is 0 Å². The van der Waals surface area contributed by atoms with Gasteiger partial charge in [0.05, 0.1) is 0 Å². The van der Waals surface area contributed by atoms with Crippen molar-refractivity contribution in [1.29, 1.82) is 0 Å². The summed E-state index contributed by atoms with van der Waals surface area (Å²) in [6.45, 7) is 0. The van der Waals surface area contributed by atoms with E-state index in [1.807, 2.05) is 78.9 Å². The number of nitrogens with zero attached hydrogens (tertiary/aromatic N) is 4. The predicted octanol–water partition coefficient (Wildman–Crippen LogP) is 10.9. The molecule has 0 unspecified atom stereocenters. The second kappa shape index (κ2) is 10.4. The van der Waals surface area contributed by atoms with Crippen LogP contribution in [0, 0.1) is 0 Å². The lowest BCUT2D eigenvalue weighted by Gasteiger charge is -2.13. The van der Waals surface area contributed by atoms with Crippen LogP contribution in [-0.2, 0) is 0 Å². The van der Waals surface area contributed by atoms with Gasteiger partial charge in [-0.05, 0) is 52.2 Å². The van der Waals surface area contributed by atoms with Gasteiger partial charge in [-0.2, -0.15) is 0 Å². The number of para-hydroxylation sites is 1. The van der Waals surface area contributed by atoms with Crippen LogP contribution in [0.25, 0.3) is 100 Å². The first kappa shape index (κ1) is 26.5. The Hall–Kier alpha value is -6.66. The fraction of sp³-hybridized carbons (Fsp3) is 0. The van der Waals surface area contributed by atoms with E-state index < -0.39 is 0 Å². The SMILES string of the molecule is c1ccc(-c2nc(-c3cccc4c(-c5cccc6oc7ccccc7c56)cccc34)nc(-c3cccc4oc5ncccc5c34)n2)cc1. The molecule has 4 heterocycles. The minimum Gasteiger partial charge on any atom is -0.456 e. The molecule has 0 atom stereocenters. The highest BCUT2D eigenvalue weighted by atomic mass is 16.3. The standard InChI is InChI=1S/C42H24N4O2/c1-2-11-25(12-3-1)39-44-40(46-41(45-39)32-19-9-23-36-38(32)33-20-10-24-43-42(33)48-36)30-18-7-14-26-27(15-6-16-28(26)30)29-17-8-22-35-37(29)31-13-4-5-21-34(31)47-35/h1-24H. The zero-order chi connectivity index (χ0) is 31.6. The molecular formula is C42H24N4O2. The highest BCUT2D eigenvalue weighted by Gasteiger charge is 2.20. The van der Waals surface area contributed by atoms with Gasteiger partial charge in [-0.15, -0.1) is 0 Å². The van der Waals surface area contributed by atoms with Crippen molar-refractivity contribution in [2.75, 3.05) is 0 Å². The molecule has 6 aromatic carbocycles. The normalized spacial score (nSPS) is 11.8. The summed E-state index contributed by atoms with van der Waals surface area (Å²) in [7, 11) is 0. The van der Waals surface area contributed by atoms with Crippen LogP contribution in [-0.4, -0.2) is 19.9 Å². The van der Waals surface area contributed by atoms with Crippen molar-refractivity contribution >= 4 is 54.8 Å². The van der Waals surface area contributed by atoms with Gasteiger partial charge in [-0.25, -0.2) is 19.9 Å². The molecule has 224 valence electrons. The Labute approximate surface area is 274 Å². The van der Waals surface area contributed by atoms with Gasteiger partial charge in [0.25, 0.3) is 0 Å². The maximum absolute atomic E-state index is 6.24. The monoisotopic (exact) mass is 616 g/mol. The van der Waals surface area contributed by atoms with Gasteiger partial charge in [0, 0.05) is 44.4 Å². The van der Waals surface area contributed by atoms with E-state index in [2.05, 4.69) is 65.6 Å². The van der Waals surface area contributed by atoms with E-state index in [1.54, 1.807) is 6.20 Å². The van der Waals surface area contributed by atoms with Crippen molar-refractivity contribution in [3.63, 3.8) is 0 Å². The second-order valence-electron chi connectivity index (χ2n) is 11.8. The quantitative estimate of drug-likeness (QED) is 0.196. The van der Waals surface area contributed by atoms with Gasteiger partial charge in [-0.1, -0.05) is 109 Å². The minimum absolute atomic E-state index is 0.568. The van der Waals surface area contributed by atoms with Gasteiger partial charge in [-0.3, -0.25) is 0 Å². The number of furan rings is 2. The summed E-state index contributed by atoms with van der Waals surface area (Å²) in [5.41, 5.74) is 7.99. The number of benzene rings is 6. The van der Waals surface area contributed by atoms with E-state index in [9.17, 15) is 0 Å². The lowest BCUT2D eigenvalue weighted by atomic mass is 9.93. The summed E-state index contributed by atoms with van der Waals surface area (Å²) >= 11 is 0. The zero-order valence-electron chi connectivity index (χ0n) is 25.5.